The van der Waals surface area contributed by atoms with Gasteiger partial charge >= 0.3 is 0 Å². The fraction of sp³-hybridized carbons (Fsp3) is 0.471. The monoisotopic (exact) mass is 332 g/mol. The van der Waals surface area contributed by atoms with Crippen molar-refractivity contribution in [3.8, 4) is 5.69 Å². The van der Waals surface area contributed by atoms with Crippen LogP contribution in [0.4, 0.5) is 4.39 Å². The van der Waals surface area contributed by atoms with Crippen LogP contribution in [0, 0.1) is 18.7 Å². The van der Waals surface area contributed by atoms with Crippen molar-refractivity contribution < 1.29 is 13.9 Å². The molecule has 0 aliphatic heterocycles. The summed E-state index contributed by atoms with van der Waals surface area (Å²) in [5.41, 5.74) is 0.654. The smallest absolute Gasteiger partial charge is 0.291 e. The van der Waals surface area contributed by atoms with Crippen molar-refractivity contribution in [3.63, 3.8) is 0 Å². The van der Waals surface area contributed by atoms with Crippen LogP contribution in [0.15, 0.2) is 24.3 Å². The van der Waals surface area contributed by atoms with E-state index in [2.05, 4.69) is 15.4 Å². The molecule has 24 heavy (non-hydrogen) atoms. The van der Waals surface area contributed by atoms with E-state index in [0.717, 1.165) is 12.8 Å². The van der Waals surface area contributed by atoms with E-state index >= 15 is 0 Å². The fourth-order valence-electron chi connectivity index (χ4n) is 2.90. The predicted molar refractivity (Wildman–Crippen MR) is 86.5 cm³/mol. The molecule has 7 heteroatoms. The highest BCUT2D eigenvalue weighted by atomic mass is 19.1. The lowest BCUT2D eigenvalue weighted by Gasteiger charge is -2.22. The zero-order valence-electron chi connectivity index (χ0n) is 14.0. The second-order valence-electron chi connectivity index (χ2n) is 6.17. The molecule has 1 aliphatic carbocycles. The van der Waals surface area contributed by atoms with Crippen LogP contribution in [0.3, 0.4) is 0 Å². The summed E-state index contributed by atoms with van der Waals surface area (Å²) in [6.45, 7) is 3.67. The third-order valence-corrected chi connectivity index (χ3v) is 4.25. The van der Waals surface area contributed by atoms with E-state index in [9.17, 15) is 9.18 Å². The number of nitrogens with one attached hydrogen (secondary N) is 1. The molecule has 1 aliphatic rings. The summed E-state index contributed by atoms with van der Waals surface area (Å²) in [6.07, 6.45) is 2.28. The number of hydrogen-bond donors (Lipinski definition) is 1. The fourth-order valence-corrected chi connectivity index (χ4v) is 2.90. The molecule has 2 unspecified atom stereocenters. The summed E-state index contributed by atoms with van der Waals surface area (Å²) in [4.78, 5) is 16.6. The molecule has 0 spiro atoms. The summed E-state index contributed by atoms with van der Waals surface area (Å²) in [5.74, 6) is 0.499. The first-order valence-electron chi connectivity index (χ1n) is 8.03. The first-order chi connectivity index (χ1) is 11.5. The quantitative estimate of drug-likeness (QED) is 0.881. The number of hydrogen-bond acceptors (Lipinski definition) is 4. The Morgan fingerprint density at radius 1 is 1.38 bits per heavy atom. The van der Waals surface area contributed by atoms with E-state index in [1.165, 1.54) is 16.8 Å². The summed E-state index contributed by atoms with van der Waals surface area (Å²) in [7, 11) is 1.66. The van der Waals surface area contributed by atoms with Crippen molar-refractivity contribution >= 4 is 5.91 Å². The normalized spacial score (nSPS) is 16.7. The Bertz CT molecular complexity index is 725. The highest BCUT2D eigenvalue weighted by molar-refractivity contribution is 5.90. The Labute approximate surface area is 140 Å². The van der Waals surface area contributed by atoms with Crippen molar-refractivity contribution in [1.82, 2.24) is 20.1 Å². The summed E-state index contributed by atoms with van der Waals surface area (Å²) in [6, 6.07) is 5.76. The molecule has 1 fully saturated rings. The second-order valence-corrected chi connectivity index (χ2v) is 6.17. The van der Waals surface area contributed by atoms with Crippen LogP contribution in [0.5, 0.6) is 0 Å². The molecule has 2 aromatic rings. The van der Waals surface area contributed by atoms with Gasteiger partial charge in [0.15, 0.2) is 0 Å². The average molecular weight is 332 g/mol. The van der Waals surface area contributed by atoms with Gasteiger partial charge in [0.25, 0.3) is 5.91 Å². The first kappa shape index (κ1) is 16.6. The van der Waals surface area contributed by atoms with Crippen LogP contribution in [-0.2, 0) is 4.74 Å². The molecule has 1 heterocycles. The second kappa shape index (κ2) is 6.68. The highest BCUT2D eigenvalue weighted by Crippen LogP contribution is 2.35. The summed E-state index contributed by atoms with van der Waals surface area (Å²) < 4.78 is 20.0. The predicted octanol–water partition coefficient (Wildman–Crippen LogP) is 2.26. The van der Waals surface area contributed by atoms with Crippen molar-refractivity contribution in [2.24, 2.45) is 5.92 Å². The summed E-state index contributed by atoms with van der Waals surface area (Å²) in [5, 5.41) is 7.15. The largest absolute Gasteiger partial charge is 0.379 e. The minimum absolute atomic E-state index is 0.00855. The van der Waals surface area contributed by atoms with E-state index in [-0.39, 0.29) is 29.7 Å². The molecule has 1 N–H and O–H groups in total. The van der Waals surface area contributed by atoms with Crippen LogP contribution >= 0.6 is 0 Å². The third kappa shape index (κ3) is 3.46. The number of benzene rings is 1. The van der Waals surface area contributed by atoms with Gasteiger partial charge in [-0.05, 0) is 56.9 Å². The van der Waals surface area contributed by atoms with Gasteiger partial charge in [-0.1, -0.05) is 0 Å². The van der Waals surface area contributed by atoms with Crippen LogP contribution in [0.1, 0.15) is 36.2 Å². The van der Waals surface area contributed by atoms with Gasteiger partial charge in [-0.2, -0.15) is 0 Å². The third-order valence-electron chi connectivity index (χ3n) is 4.25. The van der Waals surface area contributed by atoms with E-state index < -0.39 is 0 Å². The molecule has 2 atom stereocenters. The molecule has 3 rings (SSSR count). The van der Waals surface area contributed by atoms with Gasteiger partial charge in [-0.3, -0.25) is 4.79 Å². The maximum absolute atomic E-state index is 13.0. The lowest BCUT2D eigenvalue weighted by Crippen LogP contribution is -2.43. The number of halogens is 1. The van der Waals surface area contributed by atoms with Gasteiger partial charge in [0.1, 0.15) is 11.6 Å². The topological polar surface area (TPSA) is 69.0 Å². The number of carbonyl (C=O) groups excluding carboxylic acids is 1. The molecule has 1 amide bonds. The van der Waals surface area contributed by atoms with Crippen molar-refractivity contribution in [2.75, 3.05) is 7.11 Å². The molecule has 6 nitrogen and oxygen atoms in total. The Balaban J connectivity index is 1.73. The lowest BCUT2D eigenvalue weighted by atomic mass is 10.1. The van der Waals surface area contributed by atoms with E-state index in [0.29, 0.717) is 17.4 Å². The number of aromatic nitrogens is 3. The maximum atomic E-state index is 13.0. The van der Waals surface area contributed by atoms with E-state index in [1.807, 2.05) is 6.92 Å². The minimum atomic E-state index is -0.339. The van der Waals surface area contributed by atoms with Crippen LogP contribution in [0.2, 0.25) is 0 Å². The Morgan fingerprint density at radius 3 is 2.62 bits per heavy atom. The number of methoxy groups -OCH3 is 1. The molecular formula is C17H21FN4O2. The number of aryl methyl sites for hydroxylation is 1. The molecular weight excluding hydrogens is 311 g/mol. The molecule has 0 saturated heterocycles. The Morgan fingerprint density at radius 2 is 2.04 bits per heavy atom. The maximum Gasteiger partial charge on any atom is 0.291 e. The molecule has 1 aromatic carbocycles. The van der Waals surface area contributed by atoms with Gasteiger partial charge in [-0.25, -0.2) is 14.1 Å². The van der Waals surface area contributed by atoms with Gasteiger partial charge in [-0.15, -0.1) is 5.10 Å². The minimum Gasteiger partial charge on any atom is -0.379 e. The van der Waals surface area contributed by atoms with Gasteiger partial charge in [0.2, 0.25) is 5.82 Å². The van der Waals surface area contributed by atoms with Crippen molar-refractivity contribution in [2.45, 2.75) is 38.8 Å². The molecule has 1 saturated carbocycles. The number of carbonyl (C=O) groups is 1. The zero-order chi connectivity index (χ0) is 17.3. The molecule has 0 bridgehead atoms. The van der Waals surface area contributed by atoms with E-state index in [1.54, 1.807) is 26.2 Å². The number of rotatable bonds is 6. The summed E-state index contributed by atoms with van der Waals surface area (Å²) >= 11 is 0. The van der Waals surface area contributed by atoms with Crippen LogP contribution < -0.4 is 5.32 Å². The Kier molecular flexibility index (Phi) is 4.62. The van der Waals surface area contributed by atoms with Crippen LogP contribution in [0.25, 0.3) is 5.69 Å². The first-order valence-corrected chi connectivity index (χ1v) is 8.03. The van der Waals surface area contributed by atoms with Crippen molar-refractivity contribution in [1.29, 1.82) is 0 Å². The average Bonchev–Trinajstić information content (AvgIpc) is 3.30. The number of nitrogens with zero attached hydrogens (tertiary/aromatic N) is 3. The van der Waals surface area contributed by atoms with Crippen molar-refractivity contribution in [3.05, 3.63) is 41.7 Å². The SMILES string of the molecule is COC(C1CC1)C(C)NC(=O)c1nc(C)n(-c2ccc(F)cc2)n1. The van der Waals surface area contributed by atoms with Gasteiger partial charge in [0, 0.05) is 7.11 Å². The number of ether oxygens (including phenoxy) is 1. The standard InChI is InChI=1S/C17H21FN4O2/c1-10(15(24-3)12-4-5-12)19-17(23)16-20-11(2)22(21-16)14-8-6-13(18)7-9-14/h6-10,12,15H,4-5H2,1-3H3,(H,19,23). The van der Waals surface area contributed by atoms with Gasteiger partial charge in [0.05, 0.1) is 17.8 Å². The Hall–Kier alpha value is -2.28. The molecule has 128 valence electrons. The lowest BCUT2D eigenvalue weighted by molar-refractivity contribution is 0.0516. The van der Waals surface area contributed by atoms with E-state index in [4.69, 9.17) is 4.74 Å². The highest BCUT2D eigenvalue weighted by Gasteiger charge is 2.36. The molecule has 0 radical (unpaired) electrons. The van der Waals surface area contributed by atoms with Crippen LogP contribution in [-0.4, -0.2) is 39.9 Å². The molecule has 1 aromatic heterocycles. The zero-order valence-corrected chi connectivity index (χ0v) is 14.0. The van der Waals surface area contributed by atoms with Gasteiger partial charge < -0.3 is 10.1 Å². The number of amides is 1.